The summed E-state index contributed by atoms with van der Waals surface area (Å²) in [5.74, 6) is 0.738. The van der Waals surface area contributed by atoms with Crippen molar-refractivity contribution in [3.8, 4) is 0 Å². The molecule has 0 amide bonds. The first-order valence-corrected chi connectivity index (χ1v) is 4.67. The molecule has 1 nitrogen and oxygen atoms in total. The molecule has 0 saturated heterocycles. The largest absolute Gasteiger partial charge is 0.326 e. The lowest BCUT2D eigenvalue weighted by atomic mass is 10.0. The summed E-state index contributed by atoms with van der Waals surface area (Å²) >= 11 is 5.90. The third-order valence-electron chi connectivity index (χ3n) is 2.35. The minimum atomic E-state index is 0.628. The van der Waals surface area contributed by atoms with Crippen molar-refractivity contribution in [3.63, 3.8) is 0 Å². The summed E-state index contributed by atoms with van der Waals surface area (Å²) in [6, 6.07) is 6.01. The first-order valence-electron chi connectivity index (χ1n) is 4.29. The highest BCUT2D eigenvalue weighted by Gasteiger charge is 2.25. The second kappa shape index (κ2) is 3.08. The van der Waals surface area contributed by atoms with Crippen LogP contribution < -0.4 is 5.73 Å². The summed E-state index contributed by atoms with van der Waals surface area (Å²) in [4.78, 5) is 0. The van der Waals surface area contributed by atoms with E-state index >= 15 is 0 Å². The normalized spacial score (nSPS) is 16.5. The van der Waals surface area contributed by atoms with Crippen LogP contribution in [0.25, 0.3) is 0 Å². The van der Waals surface area contributed by atoms with Crippen molar-refractivity contribution in [2.45, 2.75) is 25.3 Å². The Bertz CT molecular complexity index is 292. The molecule has 0 radical (unpaired) electrons. The second-order valence-electron chi connectivity index (χ2n) is 3.32. The minimum absolute atomic E-state index is 0.628. The highest BCUT2D eigenvalue weighted by Crippen LogP contribution is 2.42. The molecule has 1 aliphatic rings. The van der Waals surface area contributed by atoms with E-state index in [9.17, 15) is 0 Å². The molecule has 0 unspecified atom stereocenters. The fourth-order valence-corrected chi connectivity index (χ4v) is 1.71. The SMILES string of the molecule is NCc1ccc(Cl)cc1C1CC1. The molecule has 0 heterocycles. The first kappa shape index (κ1) is 8.09. The van der Waals surface area contributed by atoms with Crippen molar-refractivity contribution in [2.75, 3.05) is 0 Å². The molecule has 0 bridgehead atoms. The quantitative estimate of drug-likeness (QED) is 0.746. The Balaban J connectivity index is 2.39. The summed E-state index contributed by atoms with van der Waals surface area (Å²) < 4.78 is 0. The van der Waals surface area contributed by atoms with Gasteiger partial charge in [-0.3, -0.25) is 0 Å². The van der Waals surface area contributed by atoms with Crippen LogP contribution in [0.1, 0.15) is 29.9 Å². The van der Waals surface area contributed by atoms with E-state index in [1.54, 1.807) is 0 Å². The van der Waals surface area contributed by atoms with Gasteiger partial charge in [-0.15, -0.1) is 0 Å². The number of nitrogens with two attached hydrogens (primary N) is 1. The van der Waals surface area contributed by atoms with Gasteiger partial charge in [-0.1, -0.05) is 17.7 Å². The maximum atomic E-state index is 5.90. The lowest BCUT2D eigenvalue weighted by molar-refractivity contribution is 0.997. The number of halogens is 1. The van der Waals surface area contributed by atoms with E-state index in [-0.39, 0.29) is 0 Å². The molecule has 64 valence electrons. The van der Waals surface area contributed by atoms with Gasteiger partial charge in [0.25, 0.3) is 0 Å². The molecule has 0 spiro atoms. The van der Waals surface area contributed by atoms with Crippen molar-refractivity contribution in [1.82, 2.24) is 0 Å². The zero-order valence-electron chi connectivity index (χ0n) is 6.89. The van der Waals surface area contributed by atoms with Gasteiger partial charge in [0.1, 0.15) is 0 Å². The molecule has 1 aromatic rings. The van der Waals surface area contributed by atoms with E-state index < -0.39 is 0 Å². The van der Waals surface area contributed by atoms with Gasteiger partial charge < -0.3 is 5.73 Å². The molecule has 1 aromatic carbocycles. The number of hydrogen-bond donors (Lipinski definition) is 1. The van der Waals surface area contributed by atoms with Crippen LogP contribution in [0, 0.1) is 0 Å². The van der Waals surface area contributed by atoms with Crippen molar-refractivity contribution in [1.29, 1.82) is 0 Å². The Hall–Kier alpha value is -0.530. The summed E-state index contributed by atoms with van der Waals surface area (Å²) in [7, 11) is 0. The molecule has 12 heavy (non-hydrogen) atoms. The van der Waals surface area contributed by atoms with E-state index in [0.29, 0.717) is 6.54 Å². The van der Waals surface area contributed by atoms with Gasteiger partial charge in [0.2, 0.25) is 0 Å². The minimum Gasteiger partial charge on any atom is -0.326 e. The fourth-order valence-electron chi connectivity index (χ4n) is 1.53. The number of benzene rings is 1. The molecule has 1 saturated carbocycles. The second-order valence-corrected chi connectivity index (χ2v) is 3.76. The molecule has 1 aliphatic carbocycles. The fraction of sp³-hybridized carbons (Fsp3) is 0.400. The van der Waals surface area contributed by atoms with E-state index in [1.807, 2.05) is 12.1 Å². The highest BCUT2D eigenvalue weighted by atomic mass is 35.5. The highest BCUT2D eigenvalue weighted by molar-refractivity contribution is 6.30. The third kappa shape index (κ3) is 1.47. The van der Waals surface area contributed by atoms with Crippen LogP contribution in [0.5, 0.6) is 0 Å². The average Bonchev–Trinajstić information content (AvgIpc) is 2.87. The molecule has 2 N–H and O–H groups in total. The van der Waals surface area contributed by atoms with Crippen LogP contribution in [0.15, 0.2) is 18.2 Å². The topological polar surface area (TPSA) is 26.0 Å². The Kier molecular flexibility index (Phi) is 2.07. The van der Waals surface area contributed by atoms with E-state index in [2.05, 4.69) is 6.07 Å². The molecular weight excluding hydrogens is 170 g/mol. The van der Waals surface area contributed by atoms with Gasteiger partial charge in [-0.25, -0.2) is 0 Å². The zero-order chi connectivity index (χ0) is 8.55. The predicted octanol–water partition coefficient (Wildman–Crippen LogP) is 2.68. The van der Waals surface area contributed by atoms with E-state index in [4.69, 9.17) is 17.3 Å². The summed E-state index contributed by atoms with van der Waals surface area (Å²) in [5, 5.41) is 0.828. The van der Waals surface area contributed by atoms with Crippen molar-refractivity contribution in [3.05, 3.63) is 34.3 Å². The van der Waals surface area contributed by atoms with Crippen LogP contribution >= 0.6 is 11.6 Å². The maximum Gasteiger partial charge on any atom is 0.0409 e. The van der Waals surface area contributed by atoms with E-state index in [0.717, 1.165) is 10.9 Å². The smallest absolute Gasteiger partial charge is 0.0409 e. The van der Waals surface area contributed by atoms with Crippen LogP contribution in [-0.2, 0) is 6.54 Å². The summed E-state index contributed by atoms with van der Waals surface area (Å²) in [6.07, 6.45) is 2.60. The van der Waals surface area contributed by atoms with E-state index in [1.165, 1.54) is 24.0 Å². The summed E-state index contributed by atoms with van der Waals surface area (Å²) in [5.41, 5.74) is 8.24. The Morgan fingerprint density at radius 1 is 1.42 bits per heavy atom. The molecule has 2 rings (SSSR count). The van der Waals surface area contributed by atoms with Gasteiger partial charge in [0.05, 0.1) is 0 Å². The Morgan fingerprint density at radius 2 is 2.17 bits per heavy atom. The lowest BCUT2D eigenvalue weighted by Gasteiger charge is -2.05. The van der Waals surface area contributed by atoms with Crippen molar-refractivity contribution in [2.24, 2.45) is 5.73 Å². The van der Waals surface area contributed by atoms with Crippen molar-refractivity contribution >= 4 is 11.6 Å². The zero-order valence-corrected chi connectivity index (χ0v) is 7.64. The molecular formula is C10H12ClN. The van der Waals surface area contributed by atoms with Crippen molar-refractivity contribution < 1.29 is 0 Å². The number of hydrogen-bond acceptors (Lipinski definition) is 1. The molecule has 2 heteroatoms. The van der Waals surface area contributed by atoms with Gasteiger partial charge >= 0.3 is 0 Å². The molecule has 0 aromatic heterocycles. The Labute approximate surface area is 77.5 Å². The van der Waals surface area contributed by atoms with Gasteiger partial charge in [-0.05, 0) is 42.0 Å². The van der Waals surface area contributed by atoms with Gasteiger partial charge in [0, 0.05) is 11.6 Å². The monoisotopic (exact) mass is 181 g/mol. The van der Waals surface area contributed by atoms with Crippen LogP contribution in [0.3, 0.4) is 0 Å². The average molecular weight is 182 g/mol. The molecule has 1 fully saturated rings. The lowest BCUT2D eigenvalue weighted by Crippen LogP contribution is -2.00. The van der Waals surface area contributed by atoms with Crippen LogP contribution in [0.4, 0.5) is 0 Å². The maximum absolute atomic E-state index is 5.90. The van der Waals surface area contributed by atoms with Crippen LogP contribution in [0.2, 0.25) is 5.02 Å². The Morgan fingerprint density at radius 3 is 2.75 bits per heavy atom. The predicted molar refractivity (Wildman–Crippen MR) is 51.3 cm³/mol. The molecule has 0 atom stereocenters. The van der Waals surface area contributed by atoms with Gasteiger partial charge in [0.15, 0.2) is 0 Å². The summed E-state index contributed by atoms with van der Waals surface area (Å²) in [6.45, 7) is 0.628. The van der Waals surface area contributed by atoms with Gasteiger partial charge in [-0.2, -0.15) is 0 Å². The molecule has 0 aliphatic heterocycles. The first-order chi connectivity index (χ1) is 5.81. The standard InChI is InChI=1S/C10H12ClN/c11-9-4-3-8(6-12)10(5-9)7-1-2-7/h3-5,7H,1-2,6,12H2. The van der Waals surface area contributed by atoms with Crippen LogP contribution in [-0.4, -0.2) is 0 Å². The number of rotatable bonds is 2. The third-order valence-corrected chi connectivity index (χ3v) is 2.58.